The number of hydrogen-bond donors (Lipinski definition) is 1. The smallest absolute Gasteiger partial charge is 0.312 e. The Morgan fingerprint density at radius 1 is 1.20 bits per heavy atom. The monoisotopic (exact) mass is 414 g/mol. The maximum absolute atomic E-state index is 12.9. The number of ether oxygens (including phenoxy) is 2. The average molecular weight is 414 g/mol. The molecule has 2 aromatic carbocycles. The topological polar surface area (TPSA) is 84.9 Å². The van der Waals surface area contributed by atoms with Gasteiger partial charge >= 0.3 is 5.97 Å². The van der Waals surface area contributed by atoms with Crippen LogP contribution in [0, 0.1) is 11.7 Å². The number of nitrogens with one attached hydrogen (secondary N) is 1. The van der Waals surface area contributed by atoms with E-state index >= 15 is 0 Å². The molecule has 8 heteroatoms. The molecule has 7 nitrogen and oxygen atoms in total. The van der Waals surface area contributed by atoms with Crippen LogP contribution in [0.15, 0.2) is 48.5 Å². The first-order valence-corrected chi connectivity index (χ1v) is 9.55. The number of hydrogen-bond acceptors (Lipinski definition) is 5. The van der Waals surface area contributed by atoms with Gasteiger partial charge in [-0.3, -0.25) is 14.4 Å². The van der Waals surface area contributed by atoms with Crippen LogP contribution in [0.4, 0.5) is 10.1 Å². The van der Waals surface area contributed by atoms with Gasteiger partial charge in [0.25, 0.3) is 5.91 Å². The Balaban J connectivity index is 1.54. The van der Waals surface area contributed by atoms with E-state index in [1.54, 1.807) is 36.4 Å². The van der Waals surface area contributed by atoms with Gasteiger partial charge in [-0.05, 0) is 36.8 Å². The summed E-state index contributed by atoms with van der Waals surface area (Å²) in [6.07, 6.45) is -1.02. The quantitative estimate of drug-likeness (QED) is 0.704. The Morgan fingerprint density at radius 3 is 2.60 bits per heavy atom. The van der Waals surface area contributed by atoms with Gasteiger partial charge in [-0.25, -0.2) is 4.39 Å². The number of esters is 1. The maximum atomic E-state index is 12.9. The minimum Gasteiger partial charge on any atom is -0.495 e. The standard InChI is InChI=1S/C22H23FN2O5/c1-14(21(27)24-12-15-7-9-17(23)10-8-15)30-22(28)16-11-20(26)25(13-16)18-5-3-4-6-19(18)29-2/h3-10,14,16H,11-13H2,1-2H3,(H,24,27)/t14-,16+/m1/s1. The number of rotatable bonds is 7. The molecule has 1 fully saturated rings. The molecule has 0 radical (unpaired) electrons. The van der Waals surface area contributed by atoms with Crippen molar-refractivity contribution in [1.82, 2.24) is 5.32 Å². The molecule has 0 aromatic heterocycles. The number of anilines is 1. The molecular formula is C22H23FN2O5. The van der Waals surface area contributed by atoms with E-state index in [2.05, 4.69) is 5.32 Å². The van der Waals surface area contributed by atoms with E-state index in [4.69, 9.17) is 9.47 Å². The normalized spacial score (nSPS) is 16.8. The Hall–Kier alpha value is -3.42. The molecule has 0 unspecified atom stereocenters. The van der Waals surface area contributed by atoms with Crippen molar-refractivity contribution < 1.29 is 28.2 Å². The largest absolute Gasteiger partial charge is 0.495 e. The summed E-state index contributed by atoms with van der Waals surface area (Å²) >= 11 is 0. The van der Waals surface area contributed by atoms with Gasteiger partial charge in [0.1, 0.15) is 11.6 Å². The van der Waals surface area contributed by atoms with Crippen LogP contribution >= 0.6 is 0 Å². The van der Waals surface area contributed by atoms with Crippen molar-refractivity contribution in [3.8, 4) is 5.75 Å². The highest BCUT2D eigenvalue weighted by atomic mass is 19.1. The molecule has 2 aromatic rings. The second-order valence-electron chi connectivity index (χ2n) is 7.00. The SMILES string of the molecule is COc1ccccc1N1C[C@@H](C(=O)O[C@H](C)C(=O)NCc2ccc(F)cc2)CC1=O. The van der Waals surface area contributed by atoms with Gasteiger partial charge in [-0.15, -0.1) is 0 Å². The first kappa shape index (κ1) is 21.3. The van der Waals surface area contributed by atoms with E-state index in [1.807, 2.05) is 0 Å². The van der Waals surface area contributed by atoms with Gasteiger partial charge in [0.2, 0.25) is 5.91 Å². The number of nitrogens with zero attached hydrogens (tertiary/aromatic N) is 1. The fourth-order valence-electron chi connectivity index (χ4n) is 3.21. The average Bonchev–Trinajstić information content (AvgIpc) is 3.14. The summed E-state index contributed by atoms with van der Waals surface area (Å²) in [5.41, 5.74) is 1.31. The van der Waals surface area contributed by atoms with Crippen molar-refractivity contribution in [2.75, 3.05) is 18.6 Å². The molecular weight excluding hydrogens is 391 g/mol. The highest BCUT2D eigenvalue weighted by Gasteiger charge is 2.38. The number of para-hydroxylation sites is 2. The Kier molecular flexibility index (Phi) is 6.66. The second-order valence-corrected chi connectivity index (χ2v) is 7.00. The fourth-order valence-corrected chi connectivity index (χ4v) is 3.21. The first-order valence-electron chi connectivity index (χ1n) is 9.55. The Bertz CT molecular complexity index is 931. The molecule has 1 aliphatic rings. The number of benzene rings is 2. The molecule has 158 valence electrons. The number of carbonyl (C=O) groups is 3. The molecule has 0 aliphatic carbocycles. The van der Waals surface area contributed by atoms with Crippen molar-refractivity contribution in [1.29, 1.82) is 0 Å². The Morgan fingerprint density at radius 2 is 1.90 bits per heavy atom. The van der Waals surface area contributed by atoms with Gasteiger partial charge < -0.3 is 19.7 Å². The van der Waals surface area contributed by atoms with Crippen LogP contribution in [0.1, 0.15) is 18.9 Å². The molecule has 1 aliphatic heterocycles. The second kappa shape index (κ2) is 9.39. The third-order valence-electron chi connectivity index (χ3n) is 4.88. The lowest BCUT2D eigenvalue weighted by Gasteiger charge is -2.20. The third-order valence-corrected chi connectivity index (χ3v) is 4.88. The summed E-state index contributed by atoms with van der Waals surface area (Å²) in [7, 11) is 1.51. The molecule has 1 heterocycles. The first-order chi connectivity index (χ1) is 14.4. The van der Waals surface area contributed by atoms with Gasteiger partial charge in [-0.2, -0.15) is 0 Å². The molecule has 0 saturated carbocycles. The summed E-state index contributed by atoms with van der Waals surface area (Å²) in [6.45, 7) is 1.80. The minimum atomic E-state index is -1.02. The molecule has 3 rings (SSSR count). The van der Waals surface area contributed by atoms with Crippen LogP contribution in [-0.4, -0.2) is 37.5 Å². The van der Waals surface area contributed by atoms with E-state index < -0.39 is 23.9 Å². The summed E-state index contributed by atoms with van der Waals surface area (Å²) in [4.78, 5) is 38.6. The molecule has 0 spiro atoms. The van der Waals surface area contributed by atoms with Gasteiger partial charge in [0.05, 0.1) is 18.7 Å². The zero-order chi connectivity index (χ0) is 21.7. The van der Waals surface area contributed by atoms with Crippen molar-refractivity contribution in [2.45, 2.75) is 26.0 Å². The number of halogens is 1. The van der Waals surface area contributed by atoms with E-state index in [9.17, 15) is 18.8 Å². The van der Waals surface area contributed by atoms with E-state index in [1.165, 1.54) is 31.1 Å². The number of amides is 2. The molecule has 0 bridgehead atoms. The molecule has 1 saturated heterocycles. The summed E-state index contributed by atoms with van der Waals surface area (Å²) in [5.74, 6) is -1.79. The maximum Gasteiger partial charge on any atom is 0.312 e. The zero-order valence-electron chi connectivity index (χ0n) is 16.8. The molecule has 30 heavy (non-hydrogen) atoms. The van der Waals surface area contributed by atoms with Gasteiger partial charge in [-0.1, -0.05) is 24.3 Å². The van der Waals surface area contributed by atoms with Gasteiger partial charge in [0, 0.05) is 19.5 Å². The fraction of sp³-hybridized carbons (Fsp3) is 0.318. The van der Waals surface area contributed by atoms with Crippen LogP contribution in [0.2, 0.25) is 0 Å². The van der Waals surface area contributed by atoms with Crippen molar-refractivity contribution in [3.05, 3.63) is 59.9 Å². The van der Waals surface area contributed by atoms with E-state index in [-0.39, 0.29) is 31.2 Å². The van der Waals surface area contributed by atoms with Crippen LogP contribution in [0.25, 0.3) is 0 Å². The summed E-state index contributed by atoms with van der Waals surface area (Å²) < 4.78 is 23.5. The van der Waals surface area contributed by atoms with Crippen molar-refractivity contribution >= 4 is 23.5 Å². The van der Waals surface area contributed by atoms with Crippen molar-refractivity contribution in [2.24, 2.45) is 5.92 Å². The predicted octanol–water partition coefficient (Wildman–Crippen LogP) is 2.44. The number of carbonyl (C=O) groups excluding carboxylic acids is 3. The highest BCUT2D eigenvalue weighted by Crippen LogP contribution is 2.33. The molecule has 2 atom stereocenters. The van der Waals surface area contributed by atoms with E-state index in [0.29, 0.717) is 11.4 Å². The summed E-state index contributed by atoms with van der Waals surface area (Å²) in [5, 5.41) is 2.64. The lowest BCUT2D eigenvalue weighted by Crippen LogP contribution is -2.37. The van der Waals surface area contributed by atoms with Crippen LogP contribution in [0.3, 0.4) is 0 Å². The van der Waals surface area contributed by atoms with Crippen LogP contribution < -0.4 is 15.0 Å². The lowest BCUT2D eigenvalue weighted by atomic mass is 10.1. The Labute approximate surface area is 173 Å². The highest BCUT2D eigenvalue weighted by molar-refractivity contribution is 6.00. The zero-order valence-corrected chi connectivity index (χ0v) is 16.8. The van der Waals surface area contributed by atoms with Crippen LogP contribution in [0.5, 0.6) is 5.75 Å². The minimum absolute atomic E-state index is 0.000794. The molecule has 1 N–H and O–H groups in total. The third kappa shape index (κ3) is 4.94. The van der Waals surface area contributed by atoms with Gasteiger partial charge in [0.15, 0.2) is 6.10 Å². The lowest BCUT2D eigenvalue weighted by molar-refractivity contribution is -0.158. The summed E-state index contributed by atoms with van der Waals surface area (Å²) in [6, 6.07) is 12.8. The predicted molar refractivity (Wildman–Crippen MR) is 107 cm³/mol. The van der Waals surface area contributed by atoms with Crippen LogP contribution in [-0.2, 0) is 25.7 Å². The van der Waals surface area contributed by atoms with Crippen molar-refractivity contribution in [3.63, 3.8) is 0 Å². The molecule has 2 amide bonds. The van der Waals surface area contributed by atoms with E-state index in [0.717, 1.165) is 5.56 Å². The number of methoxy groups -OCH3 is 1.